The lowest BCUT2D eigenvalue weighted by molar-refractivity contribution is -0.144. The summed E-state index contributed by atoms with van der Waals surface area (Å²) in [6.07, 6.45) is 2.27. The number of carbonyl (C=O) groups is 1. The van der Waals surface area contributed by atoms with Crippen LogP contribution < -0.4 is 5.73 Å². The first-order valence-corrected chi connectivity index (χ1v) is 6.74. The number of nitrogens with zero attached hydrogens (tertiary/aromatic N) is 3. The molecule has 7 nitrogen and oxygen atoms in total. The summed E-state index contributed by atoms with van der Waals surface area (Å²) in [4.78, 5) is 16.5. The third-order valence-electron chi connectivity index (χ3n) is 4.29. The number of piperazine rings is 1. The van der Waals surface area contributed by atoms with Crippen LogP contribution in [0.2, 0.25) is 0 Å². The molecule has 0 radical (unpaired) electrons. The third-order valence-corrected chi connectivity index (χ3v) is 4.29. The molecular weight excluding hydrogens is 248 g/mol. The highest BCUT2D eigenvalue weighted by Gasteiger charge is 2.50. The van der Waals surface area contributed by atoms with Gasteiger partial charge in [-0.05, 0) is 12.8 Å². The molecule has 0 spiro atoms. The van der Waals surface area contributed by atoms with Crippen LogP contribution in [0.3, 0.4) is 0 Å². The summed E-state index contributed by atoms with van der Waals surface area (Å²) in [5.74, 6) is 0.0271. The number of amides is 1. The fraction of sp³-hybridized carbons (Fsp3) is 0.833. The zero-order chi connectivity index (χ0) is 13.9. The number of hydrogen-bond acceptors (Lipinski definition) is 5. The molecule has 2 aliphatic rings. The van der Waals surface area contributed by atoms with Gasteiger partial charge in [-0.1, -0.05) is 11.6 Å². The molecule has 19 heavy (non-hydrogen) atoms. The van der Waals surface area contributed by atoms with E-state index in [-0.39, 0.29) is 18.3 Å². The molecule has 0 aromatic rings. The summed E-state index contributed by atoms with van der Waals surface area (Å²) in [7, 11) is 0. The zero-order valence-corrected chi connectivity index (χ0v) is 11.1. The third kappa shape index (κ3) is 2.52. The van der Waals surface area contributed by atoms with Crippen molar-refractivity contribution in [2.45, 2.75) is 19.3 Å². The smallest absolute Gasteiger partial charge is 0.236 e. The van der Waals surface area contributed by atoms with Gasteiger partial charge >= 0.3 is 0 Å². The van der Waals surface area contributed by atoms with Gasteiger partial charge in [0.05, 0.1) is 6.61 Å². The summed E-state index contributed by atoms with van der Waals surface area (Å²) in [6.45, 7) is 3.59. The number of β-amino-alcohol motifs (C(OH)–C–C–N with tert-alkyl or cyclic N) is 1. The highest BCUT2D eigenvalue weighted by molar-refractivity contribution is 6.07. The molecule has 108 valence electrons. The number of aliphatic hydroxyl groups excluding tert-OH is 1. The van der Waals surface area contributed by atoms with Crippen molar-refractivity contribution < 1.29 is 15.1 Å². The number of aliphatic hydroxyl groups is 1. The minimum atomic E-state index is -0.770. The van der Waals surface area contributed by atoms with Gasteiger partial charge < -0.3 is 20.9 Å². The second kappa shape index (κ2) is 5.75. The van der Waals surface area contributed by atoms with E-state index in [1.165, 1.54) is 0 Å². The molecular formula is C12H22N4O3. The second-order valence-corrected chi connectivity index (χ2v) is 5.28. The van der Waals surface area contributed by atoms with E-state index in [4.69, 9.17) is 16.0 Å². The van der Waals surface area contributed by atoms with Gasteiger partial charge in [-0.15, -0.1) is 0 Å². The topological polar surface area (TPSA) is 102 Å². The van der Waals surface area contributed by atoms with Crippen LogP contribution in [0, 0.1) is 5.41 Å². The highest BCUT2D eigenvalue weighted by Crippen LogP contribution is 2.42. The molecule has 1 aliphatic heterocycles. The van der Waals surface area contributed by atoms with Gasteiger partial charge in [-0.3, -0.25) is 9.69 Å². The van der Waals surface area contributed by atoms with Crippen LogP contribution in [0.1, 0.15) is 19.3 Å². The van der Waals surface area contributed by atoms with Crippen molar-refractivity contribution in [3.05, 3.63) is 0 Å². The molecule has 2 rings (SSSR count). The van der Waals surface area contributed by atoms with Crippen molar-refractivity contribution in [1.29, 1.82) is 0 Å². The number of rotatable bonds is 4. The van der Waals surface area contributed by atoms with Crippen LogP contribution in [0.4, 0.5) is 0 Å². The Morgan fingerprint density at radius 2 is 1.89 bits per heavy atom. The second-order valence-electron chi connectivity index (χ2n) is 5.28. The minimum absolute atomic E-state index is 0.0160. The van der Waals surface area contributed by atoms with E-state index in [9.17, 15) is 4.79 Å². The monoisotopic (exact) mass is 270 g/mol. The Balaban J connectivity index is 1.97. The average Bonchev–Trinajstić information content (AvgIpc) is 2.38. The number of oxime groups is 1. The predicted molar refractivity (Wildman–Crippen MR) is 69.8 cm³/mol. The van der Waals surface area contributed by atoms with Crippen molar-refractivity contribution in [2.75, 3.05) is 39.3 Å². The lowest BCUT2D eigenvalue weighted by atomic mass is 9.66. The van der Waals surface area contributed by atoms with E-state index in [0.717, 1.165) is 19.5 Å². The maximum absolute atomic E-state index is 12.6. The van der Waals surface area contributed by atoms with Gasteiger partial charge in [0.1, 0.15) is 5.41 Å². The maximum Gasteiger partial charge on any atom is 0.236 e. The zero-order valence-electron chi connectivity index (χ0n) is 11.1. The minimum Gasteiger partial charge on any atom is -0.409 e. The Morgan fingerprint density at radius 1 is 1.26 bits per heavy atom. The Labute approximate surface area is 112 Å². The maximum atomic E-state index is 12.6. The number of hydrogen-bond donors (Lipinski definition) is 3. The molecule has 1 amide bonds. The van der Waals surface area contributed by atoms with Gasteiger partial charge in [0, 0.05) is 32.7 Å². The van der Waals surface area contributed by atoms with Gasteiger partial charge in [-0.2, -0.15) is 0 Å². The summed E-state index contributed by atoms with van der Waals surface area (Å²) >= 11 is 0. The van der Waals surface area contributed by atoms with Crippen LogP contribution in [0.15, 0.2) is 5.16 Å². The molecule has 1 saturated carbocycles. The molecule has 0 atom stereocenters. The Bertz CT molecular complexity index is 360. The van der Waals surface area contributed by atoms with Gasteiger partial charge in [-0.25, -0.2) is 0 Å². The van der Waals surface area contributed by atoms with Crippen molar-refractivity contribution in [1.82, 2.24) is 9.80 Å². The van der Waals surface area contributed by atoms with Crippen LogP contribution in [0.5, 0.6) is 0 Å². The van der Waals surface area contributed by atoms with E-state index >= 15 is 0 Å². The van der Waals surface area contributed by atoms with E-state index in [0.29, 0.717) is 32.5 Å². The molecule has 1 aliphatic carbocycles. The van der Waals surface area contributed by atoms with E-state index in [1.54, 1.807) is 4.90 Å². The molecule has 0 bridgehead atoms. The first-order chi connectivity index (χ1) is 9.14. The quantitative estimate of drug-likeness (QED) is 0.264. The first kappa shape index (κ1) is 14.1. The normalized spacial score (nSPS) is 24.1. The fourth-order valence-electron chi connectivity index (χ4n) is 2.82. The molecule has 1 saturated heterocycles. The number of carbonyl (C=O) groups excluding carboxylic acids is 1. The average molecular weight is 270 g/mol. The molecule has 7 heteroatoms. The molecule has 0 aromatic carbocycles. The van der Waals surface area contributed by atoms with Crippen LogP contribution in [0.25, 0.3) is 0 Å². The van der Waals surface area contributed by atoms with Gasteiger partial charge in [0.2, 0.25) is 5.91 Å². The molecule has 4 N–H and O–H groups in total. The van der Waals surface area contributed by atoms with E-state index in [2.05, 4.69) is 10.1 Å². The Hall–Kier alpha value is -1.34. The van der Waals surface area contributed by atoms with Crippen LogP contribution in [-0.4, -0.2) is 71.2 Å². The van der Waals surface area contributed by atoms with Crippen molar-refractivity contribution >= 4 is 11.7 Å². The molecule has 1 heterocycles. The summed E-state index contributed by atoms with van der Waals surface area (Å²) in [5.41, 5.74) is 4.93. The van der Waals surface area contributed by atoms with Crippen LogP contribution in [-0.2, 0) is 4.79 Å². The fourth-order valence-corrected chi connectivity index (χ4v) is 2.82. The Morgan fingerprint density at radius 3 is 2.32 bits per heavy atom. The first-order valence-electron chi connectivity index (χ1n) is 6.74. The molecule has 2 fully saturated rings. The predicted octanol–water partition coefficient (Wildman–Crippen LogP) is -0.960. The van der Waals surface area contributed by atoms with Crippen molar-refractivity contribution in [3.8, 4) is 0 Å². The summed E-state index contributed by atoms with van der Waals surface area (Å²) in [5, 5.41) is 20.8. The van der Waals surface area contributed by atoms with Crippen LogP contribution >= 0.6 is 0 Å². The SMILES string of the molecule is NC(=NO)C1(C(=O)N2CCN(CCO)CC2)CCC1. The van der Waals surface area contributed by atoms with E-state index < -0.39 is 5.41 Å². The summed E-state index contributed by atoms with van der Waals surface area (Å²) in [6, 6.07) is 0. The van der Waals surface area contributed by atoms with Crippen molar-refractivity contribution in [3.63, 3.8) is 0 Å². The standard InChI is InChI=1S/C12H22N4O3/c13-10(14-19)12(2-1-3-12)11(18)16-6-4-15(5-7-16)8-9-17/h17,19H,1-9H2,(H2,13,14). The number of nitrogens with two attached hydrogens (primary N) is 1. The molecule has 0 unspecified atom stereocenters. The lowest BCUT2D eigenvalue weighted by Crippen LogP contribution is -2.59. The largest absolute Gasteiger partial charge is 0.409 e. The highest BCUT2D eigenvalue weighted by atomic mass is 16.4. The van der Waals surface area contributed by atoms with Crippen molar-refractivity contribution in [2.24, 2.45) is 16.3 Å². The summed E-state index contributed by atoms with van der Waals surface area (Å²) < 4.78 is 0. The van der Waals surface area contributed by atoms with E-state index in [1.807, 2.05) is 0 Å². The lowest BCUT2D eigenvalue weighted by Gasteiger charge is -2.44. The Kier molecular flexibility index (Phi) is 4.26. The molecule has 0 aromatic heterocycles. The number of amidine groups is 1. The van der Waals surface area contributed by atoms with Gasteiger partial charge in [0.15, 0.2) is 5.84 Å². The van der Waals surface area contributed by atoms with Gasteiger partial charge in [0.25, 0.3) is 0 Å².